The van der Waals surface area contributed by atoms with Crippen LogP contribution in [0.5, 0.6) is 5.75 Å². The zero-order valence-corrected chi connectivity index (χ0v) is 20.1. The summed E-state index contributed by atoms with van der Waals surface area (Å²) in [6.45, 7) is 1.71. The van der Waals surface area contributed by atoms with Gasteiger partial charge in [0.05, 0.1) is 16.8 Å². The number of rotatable bonds is 8. The molecule has 1 amide bonds. The summed E-state index contributed by atoms with van der Waals surface area (Å²) in [5, 5.41) is 17.3. The number of amides is 1. The third kappa shape index (κ3) is 5.85. The van der Waals surface area contributed by atoms with E-state index in [1.807, 2.05) is 24.3 Å². The van der Waals surface area contributed by atoms with Gasteiger partial charge in [0, 0.05) is 30.2 Å². The summed E-state index contributed by atoms with van der Waals surface area (Å²) >= 11 is 0. The van der Waals surface area contributed by atoms with Crippen LogP contribution in [0.4, 0.5) is 5.69 Å². The minimum Gasteiger partial charge on any atom is -0.508 e. The number of nitrogens with two attached hydrogens (primary N) is 1. The molecule has 7 nitrogen and oxygen atoms in total. The molecule has 34 heavy (non-hydrogen) atoms. The van der Waals surface area contributed by atoms with Gasteiger partial charge in [-0.3, -0.25) is 9.78 Å². The first-order valence-corrected chi connectivity index (χ1v) is 12.1. The van der Waals surface area contributed by atoms with Crippen LogP contribution in [0.3, 0.4) is 0 Å². The molecule has 0 aliphatic heterocycles. The van der Waals surface area contributed by atoms with Crippen LogP contribution in [0.1, 0.15) is 42.5 Å². The highest BCUT2D eigenvalue weighted by Gasteiger charge is 2.23. The molecule has 3 aromatic rings. The predicted molar refractivity (Wildman–Crippen MR) is 138 cm³/mol. The predicted octanol–water partition coefficient (Wildman–Crippen LogP) is 3.97. The number of hydrogen-bond donors (Lipinski definition) is 4. The molecular weight excluding hydrogens is 426 g/mol. The first kappa shape index (κ1) is 24.0. The second kappa shape index (κ2) is 10.8. The molecule has 1 saturated carbocycles. The van der Waals surface area contributed by atoms with Crippen molar-refractivity contribution in [1.29, 1.82) is 0 Å². The summed E-state index contributed by atoms with van der Waals surface area (Å²) in [6, 6.07) is 13.6. The van der Waals surface area contributed by atoms with Crippen molar-refractivity contribution in [3.05, 3.63) is 54.2 Å². The third-order valence-corrected chi connectivity index (χ3v) is 6.50. The molecule has 2 aromatic carbocycles. The Morgan fingerprint density at radius 3 is 2.50 bits per heavy atom. The fourth-order valence-electron chi connectivity index (χ4n) is 4.52. The summed E-state index contributed by atoms with van der Waals surface area (Å²) in [5.74, 6) is 0.136. The number of aromatic nitrogens is 1. The minimum atomic E-state index is -0.0972. The number of aromatic hydroxyl groups is 1. The van der Waals surface area contributed by atoms with Gasteiger partial charge in [0.2, 0.25) is 0 Å². The summed E-state index contributed by atoms with van der Waals surface area (Å²) < 4.78 is 0. The Labute approximate surface area is 201 Å². The Bertz CT molecular complexity index is 1120. The lowest BCUT2D eigenvalue weighted by atomic mass is 9.91. The summed E-state index contributed by atoms with van der Waals surface area (Å²) in [6.07, 6.45) is 6.32. The quantitative estimate of drug-likeness (QED) is 0.379. The van der Waals surface area contributed by atoms with E-state index in [0.29, 0.717) is 5.56 Å². The molecule has 0 unspecified atom stereocenters. The topological polar surface area (TPSA) is 104 Å². The van der Waals surface area contributed by atoms with Crippen LogP contribution in [-0.2, 0) is 0 Å². The van der Waals surface area contributed by atoms with E-state index < -0.39 is 0 Å². The van der Waals surface area contributed by atoms with Crippen molar-refractivity contribution >= 4 is 22.5 Å². The second-order valence-electron chi connectivity index (χ2n) is 9.49. The molecule has 0 radical (unpaired) electrons. The number of fused-ring (bicyclic) bond motifs is 1. The lowest BCUT2D eigenvalue weighted by Crippen LogP contribution is -2.40. The maximum atomic E-state index is 13.3. The molecule has 0 saturated heterocycles. The normalized spacial score (nSPS) is 18.2. The Morgan fingerprint density at radius 2 is 1.79 bits per heavy atom. The second-order valence-corrected chi connectivity index (χ2v) is 9.49. The van der Waals surface area contributed by atoms with Crippen LogP contribution in [0.15, 0.2) is 48.7 Å². The molecule has 5 N–H and O–H groups in total. The zero-order valence-electron chi connectivity index (χ0n) is 20.1. The molecular formula is C27H35N5O2. The number of carbonyl (C=O) groups excluding carboxylic acids is 1. The number of benzene rings is 2. The molecule has 1 aromatic heterocycles. The molecule has 1 heterocycles. The SMILES string of the molecule is CN(C)CCCNc1c(C(=O)NC2CCC(N)CC2)cnc2ccc(-c3ccc(O)cc3)cc12. The van der Waals surface area contributed by atoms with Crippen molar-refractivity contribution in [2.75, 3.05) is 32.5 Å². The number of phenols is 1. The van der Waals surface area contributed by atoms with Gasteiger partial charge in [-0.15, -0.1) is 0 Å². The average Bonchev–Trinajstić information content (AvgIpc) is 2.83. The highest BCUT2D eigenvalue weighted by Crippen LogP contribution is 2.31. The zero-order chi connectivity index (χ0) is 24.1. The van der Waals surface area contributed by atoms with Crippen LogP contribution in [0.25, 0.3) is 22.0 Å². The van der Waals surface area contributed by atoms with Gasteiger partial charge in [-0.05, 0) is 88.1 Å². The Balaban J connectivity index is 1.67. The molecule has 4 rings (SSSR count). The third-order valence-electron chi connectivity index (χ3n) is 6.50. The fourth-order valence-corrected chi connectivity index (χ4v) is 4.52. The van der Waals surface area contributed by atoms with Crippen molar-refractivity contribution in [2.45, 2.75) is 44.2 Å². The first-order valence-electron chi connectivity index (χ1n) is 12.1. The molecule has 1 aliphatic rings. The highest BCUT2D eigenvalue weighted by molar-refractivity contribution is 6.08. The molecule has 0 atom stereocenters. The lowest BCUT2D eigenvalue weighted by molar-refractivity contribution is 0.0926. The van der Waals surface area contributed by atoms with Crippen LogP contribution in [0.2, 0.25) is 0 Å². The maximum Gasteiger partial charge on any atom is 0.255 e. The fraction of sp³-hybridized carbons (Fsp3) is 0.407. The van der Waals surface area contributed by atoms with Crippen LogP contribution >= 0.6 is 0 Å². The van der Waals surface area contributed by atoms with Gasteiger partial charge in [-0.2, -0.15) is 0 Å². The van der Waals surface area contributed by atoms with Crippen LogP contribution in [0, 0.1) is 0 Å². The van der Waals surface area contributed by atoms with Gasteiger partial charge >= 0.3 is 0 Å². The number of hydrogen-bond acceptors (Lipinski definition) is 6. The largest absolute Gasteiger partial charge is 0.508 e. The Hall–Kier alpha value is -3.16. The monoisotopic (exact) mass is 461 g/mol. The van der Waals surface area contributed by atoms with Gasteiger partial charge in [0.25, 0.3) is 5.91 Å². The molecule has 0 bridgehead atoms. The summed E-state index contributed by atoms with van der Waals surface area (Å²) in [7, 11) is 4.11. The van der Waals surface area contributed by atoms with Gasteiger partial charge < -0.3 is 26.4 Å². The maximum absolute atomic E-state index is 13.3. The molecule has 1 fully saturated rings. The van der Waals surface area contributed by atoms with E-state index in [4.69, 9.17) is 5.73 Å². The highest BCUT2D eigenvalue weighted by atomic mass is 16.3. The number of anilines is 1. The van der Waals surface area contributed by atoms with Crippen molar-refractivity contribution < 1.29 is 9.90 Å². The number of nitrogens with zero attached hydrogens (tertiary/aromatic N) is 2. The van der Waals surface area contributed by atoms with Crippen molar-refractivity contribution in [2.24, 2.45) is 5.73 Å². The van der Waals surface area contributed by atoms with Gasteiger partial charge in [-0.1, -0.05) is 18.2 Å². The summed E-state index contributed by atoms with van der Waals surface area (Å²) in [5.41, 5.74) is 10.2. The number of phenolic OH excluding ortho intramolecular Hbond substituents is 1. The van der Waals surface area contributed by atoms with E-state index in [1.165, 1.54) is 0 Å². The van der Waals surface area contributed by atoms with Crippen molar-refractivity contribution in [1.82, 2.24) is 15.2 Å². The molecule has 7 heteroatoms. The number of pyridine rings is 1. The van der Waals surface area contributed by atoms with E-state index in [1.54, 1.807) is 18.3 Å². The van der Waals surface area contributed by atoms with E-state index >= 15 is 0 Å². The van der Waals surface area contributed by atoms with Crippen LogP contribution < -0.4 is 16.4 Å². The molecule has 1 aliphatic carbocycles. The molecule has 0 spiro atoms. The van der Waals surface area contributed by atoms with Gasteiger partial charge in [-0.25, -0.2) is 0 Å². The number of carbonyl (C=O) groups is 1. The van der Waals surface area contributed by atoms with Crippen molar-refractivity contribution in [3.63, 3.8) is 0 Å². The Morgan fingerprint density at radius 1 is 1.09 bits per heavy atom. The van der Waals surface area contributed by atoms with E-state index in [-0.39, 0.29) is 23.7 Å². The Kier molecular flexibility index (Phi) is 7.65. The van der Waals surface area contributed by atoms with Gasteiger partial charge in [0.15, 0.2) is 0 Å². The molecule has 180 valence electrons. The standard InChI is InChI=1S/C27H35N5O2/c1-32(2)15-3-14-29-26-23-16-19(18-4-11-22(33)12-5-18)6-13-25(23)30-17-24(26)27(34)31-21-9-7-20(28)8-10-21/h4-6,11-13,16-17,20-21,33H,3,7-10,14-15,28H2,1-2H3,(H,29,30)(H,31,34). The lowest BCUT2D eigenvalue weighted by Gasteiger charge is -2.27. The first-order chi connectivity index (χ1) is 16.4. The van der Waals surface area contributed by atoms with Crippen LogP contribution in [-0.4, -0.2) is 60.2 Å². The minimum absolute atomic E-state index is 0.0972. The van der Waals surface area contributed by atoms with E-state index in [0.717, 1.165) is 72.9 Å². The van der Waals surface area contributed by atoms with E-state index in [2.05, 4.69) is 40.7 Å². The number of nitrogens with one attached hydrogen (secondary N) is 2. The smallest absolute Gasteiger partial charge is 0.255 e. The van der Waals surface area contributed by atoms with E-state index in [9.17, 15) is 9.90 Å². The van der Waals surface area contributed by atoms with Crippen molar-refractivity contribution in [3.8, 4) is 16.9 Å². The van der Waals surface area contributed by atoms with Gasteiger partial charge in [0.1, 0.15) is 5.75 Å². The average molecular weight is 462 g/mol. The summed E-state index contributed by atoms with van der Waals surface area (Å²) in [4.78, 5) is 20.1.